The quantitative estimate of drug-likeness (QED) is 0.513. The lowest BCUT2D eigenvalue weighted by molar-refractivity contribution is -0.151. The van der Waals surface area contributed by atoms with Gasteiger partial charge in [-0.1, -0.05) is 19.1 Å². The molecule has 0 saturated heterocycles. The second kappa shape index (κ2) is 8.53. The molecule has 162 valence electrons. The smallest absolute Gasteiger partial charge is 0.341 e. The fraction of sp³-hybridized carbons (Fsp3) is 0.609. The van der Waals surface area contributed by atoms with Gasteiger partial charge in [-0.25, -0.2) is 4.79 Å². The number of ether oxygens (including phenoxy) is 1. The zero-order chi connectivity index (χ0) is 21.4. The normalized spacial score (nSPS) is 27.9. The number of rotatable bonds is 6. The Morgan fingerprint density at radius 3 is 2.47 bits per heavy atom. The maximum atomic E-state index is 13.3. The van der Waals surface area contributed by atoms with Gasteiger partial charge in [0.05, 0.1) is 23.5 Å². The van der Waals surface area contributed by atoms with Crippen LogP contribution in [-0.2, 0) is 27.2 Å². The summed E-state index contributed by atoms with van der Waals surface area (Å²) in [5.41, 5.74) is 1.47. The minimum absolute atomic E-state index is 0.0683. The van der Waals surface area contributed by atoms with E-state index in [4.69, 9.17) is 4.74 Å². The standard InChI is InChI=1S/C23H29NO5S/c1-3-12(2)29-23(28)19-15-6-4-5-7-16(15)30-21(19)24-20(25)17-13-8-10-14(11-9-13)18(17)22(26)27/h8,10,12-14,17-18H,3-7,9,11H2,1-2H3,(H,24,25)(H,26,27). The van der Waals surface area contributed by atoms with Crippen molar-refractivity contribution in [2.45, 2.75) is 64.9 Å². The van der Waals surface area contributed by atoms with E-state index in [-0.39, 0.29) is 29.8 Å². The van der Waals surface area contributed by atoms with E-state index in [1.54, 1.807) is 0 Å². The van der Waals surface area contributed by atoms with Crippen LogP contribution in [0.1, 0.15) is 66.8 Å². The molecule has 5 unspecified atom stereocenters. The number of fused-ring (bicyclic) bond motifs is 3. The number of esters is 1. The van der Waals surface area contributed by atoms with Gasteiger partial charge in [0, 0.05) is 4.88 Å². The van der Waals surface area contributed by atoms with Crippen molar-refractivity contribution in [2.75, 3.05) is 5.32 Å². The third kappa shape index (κ3) is 3.80. The first-order valence-corrected chi connectivity index (χ1v) is 11.8. The number of carboxylic acid groups (broad SMARTS) is 1. The fourth-order valence-electron chi connectivity index (χ4n) is 5.08. The average Bonchev–Trinajstić information content (AvgIpc) is 3.11. The average molecular weight is 432 g/mol. The van der Waals surface area contributed by atoms with E-state index in [0.717, 1.165) is 55.4 Å². The largest absolute Gasteiger partial charge is 0.481 e. The number of carboxylic acids is 1. The molecule has 0 aliphatic heterocycles. The number of aryl methyl sites for hydroxylation is 1. The first-order chi connectivity index (χ1) is 14.4. The van der Waals surface area contributed by atoms with E-state index in [1.165, 1.54) is 11.3 Å². The molecule has 2 N–H and O–H groups in total. The maximum absolute atomic E-state index is 13.3. The molecular formula is C23H29NO5S. The second-order valence-electron chi connectivity index (χ2n) is 8.71. The summed E-state index contributed by atoms with van der Waals surface area (Å²) in [4.78, 5) is 39.3. The number of amides is 1. The van der Waals surface area contributed by atoms with Crippen LogP contribution in [0.5, 0.6) is 0 Å². The monoisotopic (exact) mass is 431 g/mol. The fourth-order valence-corrected chi connectivity index (χ4v) is 6.36. The van der Waals surface area contributed by atoms with Crippen molar-refractivity contribution in [2.24, 2.45) is 23.7 Å². The van der Waals surface area contributed by atoms with Crippen molar-refractivity contribution in [1.29, 1.82) is 0 Å². The van der Waals surface area contributed by atoms with Gasteiger partial charge in [-0.2, -0.15) is 0 Å². The number of hydrogen-bond acceptors (Lipinski definition) is 5. The van der Waals surface area contributed by atoms with Gasteiger partial charge in [0.2, 0.25) is 5.91 Å². The van der Waals surface area contributed by atoms with Gasteiger partial charge in [0.25, 0.3) is 0 Å². The summed E-state index contributed by atoms with van der Waals surface area (Å²) in [6.45, 7) is 3.82. The number of aliphatic carboxylic acids is 1. The van der Waals surface area contributed by atoms with Crippen molar-refractivity contribution in [3.05, 3.63) is 28.2 Å². The molecule has 5 atom stereocenters. The van der Waals surface area contributed by atoms with Gasteiger partial charge in [-0.05, 0) is 69.3 Å². The molecule has 0 radical (unpaired) electrons. The highest BCUT2D eigenvalue weighted by Crippen LogP contribution is 2.46. The van der Waals surface area contributed by atoms with Gasteiger partial charge in [-0.3, -0.25) is 9.59 Å². The number of carbonyl (C=O) groups is 3. The molecule has 4 aliphatic carbocycles. The number of thiophene rings is 1. The number of carbonyl (C=O) groups excluding carboxylic acids is 2. The highest BCUT2D eigenvalue weighted by Gasteiger charge is 2.48. The van der Waals surface area contributed by atoms with E-state index in [0.29, 0.717) is 10.6 Å². The molecular weight excluding hydrogens is 402 g/mol. The molecule has 1 aromatic heterocycles. The van der Waals surface area contributed by atoms with Crippen molar-refractivity contribution < 1.29 is 24.2 Å². The molecule has 6 nitrogen and oxygen atoms in total. The molecule has 1 heterocycles. The van der Waals surface area contributed by atoms with Crippen molar-refractivity contribution in [1.82, 2.24) is 0 Å². The van der Waals surface area contributed by atoms with Crippen LogP contribution in [-0.4, -0.2) is 29.1 Å². The molecule has 30 heavy (non-hydrogen) atoms. The maximum Gasteiger partial charge on any atom is 0.341 e. The Balaban J connectivity index is 1.63. The molecule has 1 fully saturated rings. The minimum atomic E-state index is -0.920. The van der Waals surface area contributed by atoms with E-state index < -0.39 is 17.8 Å². The molecule has 0 aromatic carbocycles. The molecule has 2 bridgehead atoms. The van der Waals surface area contributed by atoms with Crippen LogP contribution >= 0.6 is 11.3 Å². The van der Waals surface area contributed by atoms with Gasteiger partial charge in [0.1, 0.15) is 5.00 Å². The molecule has 5 rings (SSSR count). The van der Waals surface area contributed by atoms with Crippen LogP contribution in [0, 0.1) is 23.7 Å². The third-order valence-corrected chi connectivity index (χ3v) is 8.04. The SMILES string of the molecule is CCC(C)OC(=O)c1c(NC(=O)C2C3C=CC(CC3)C2C(=O)O)sc2c1CCCC2. The Labute approximate surface area is 180 Å². The topological polar surface area (TPSA) is 92.7 Å². The molecule has 1 amide bonds. The summed E-state index contributed by atoms with van der Waals surface area (Å²) < 4.78 is 5.60. The Kier molecular flexibility index (Phi) is 6.00. The zero-order valence-electron chi connectivity index (χ0n) is 17.5. The highest BCUT2D eigenvalue weighted by molar-refractivity contribution is 7.17. The Morgan fingerprint density at radius 2 is 1.83 bits per heavy atom. The predicted molar refractivity (Wildman–Crippen MR) is 115 cm³/mol. The van der Waals surface area contributed by atoms with Crippen molar-refractivity contribution >= 4 is 34.2 Å². The minimum Gasteiger partial charge on any atom is -0.481 e. The highest BCUT2D eigenvalue weighted by atomic mass is 32.1. The molecule has 7 heteroatoms. The number of nitrogens with one attached hydrogen (secondary N) is 1. The molecule has 4 aliphatic rings. The summed E-state index contributed by atoms with van der Waals surface area (Å²) in [6, 6.07) is 0. The first kappa shape index (κ1) is 21.1. The van der Waals surface area contributed by atoms with Crippen LogP contribution in [0.15, 0.2) is 12.2 Å². The summed E-state index contributed by atoms with van der Waals surface area (Å²) >= 11 is 1.45. The second-order valence-corrected chi connectivity index (χ2v) is 9.81. The van der Waals surface area contributed by atoms with Crippen molar-refractivity contribution in [3.63, 3.8) is 0 Å². The van der Waals surface area contributed by atoms with Crippen LogP contribution in [0.3, 0.4) is 0 Å². The van der Waals surface area contributed by atoms with E-state index in [9.17, 15) is 19.5 Å². The van der Waals surface area contributed by atoms with Crippen LogP contribution < -0.4 is 5.32 Å². The zero-order valence-corrected chi connectivity index (χ0v) is 18.3. The summed E-state index contributed by atoms with van der Waals surface area (Å²) in [6.07, 6.45) is 9.89. The lowest BCUT2D eigenvalue weighted by atomic mass is 9.62. The third-order valence-electron chi connectivity index (χ3n) is 6.83. The Morgan fingerprint density at radius 1 is 1.17 bits per heavy atom. The molecule has 1 saturated carbocycles. The van der Waals surface area contributed by atoms with Crippen LogP contribution in [0.2, 0.25) is 0 Å². The lowest BCUT2D eigenvalue weighted by Gasteiger charge is -2.41. The number of anilines is 1. The van der Waals surface area contributed by atoms with Gasteiger partial charge in [0.15, 0.2) is 0 Å². The number of allylic oxidation sites excluding steroid dienone is 2. The van der Waals surface area contributed by atoms with Crippen LogP contribution in [0.4, 0.5) is 5.00 Å². The molecule has 0 spiro atoms. The van der Waals surface area contributed by atoms with Gasteiger partial charge < -0.3 is 15.2 Å². The van der Waals surface area contributed by atoms with E-state index in [1.807, 2.05) is 26.0 Å². The summed E-state index contributed by atoms with van der Waals surface area (Å²) in [7, 11) is 0. The van der Waals surface area contributed by atoms with E-state index >= 15 is 0 Å². The van der Waals surface area contributed by atoms with Crippen LogP contribution in [0.25, 0.3) is 0 Å². The van der Waals surface area contributed by atoms with E-state index in [2.05, 4.69) is 5.32 Å². The molecule has 1 aromatic rings. The van der Waals surface area contributed by atoms with Gasteiger partial charge >= 0.3 is 11.9 Å². The number of hydrogen-bond donors (Lipinski definition) is 2. The first-order valence-electron chi connectivity index (χ1n) is 11.0. The predicted octanol–water partition coefficient (Wildman–Crippen LogP) is 4.43. The Bertz CT molecular complexity index is 888. The summed E-state index contributed by atoms with van der Waals surface area (Å²) in [5, 5.41) is 13.2. The lowest BCUT2D eigenvalue weighted by Crippen LogP contribution is -2.47. The van der Waals surface area contributed by atoms with Crippen molar-refractivity contribution in [3.8, 4) is 0 Å². The summed E-state index contributed by atoms with van der Waals surface area (Å²) in [5.74, 6) is -3.09. The Hall–Kier alpha value is -2.15. The van der Waals surface area contributed by atoms with Gasteiger partial charge in [-0.15, -0.1) is 11.3 Å².